The molecule has 80 valence electrons. The summed E-state index contributed by atoms with van der Waals surface area (Å²) in [5.41, 5.74) is 5.69. The Morgan fingerprint density at radius 3 is 2.31 bits per heavy atom. The van der Waals surface area contributed by atoms with Crippen molar-refractivity contribution < 1.29 is 8.42 Å². The molecule has 0 spiro atoms. The van der Waals surface area contributed by atoms with E-state index in [0.717, 1.165) is 0 Å². The van der Waals surface area contributed by atoms with Gasteiger partial charge in [0.2, 0.25) is 10.0 Å². The van der Waals surface area contributed by atoms with E-state index in [1.54, 1.807) is 0 Å². The lowest BCUT2D eigenvalue weighted by Gasteiger charge is -2.15. The molecule has 0 saturated carbocycles. The molecule has 0 saturated heterocycles. The van der Waals surface area contributed by atoms with Crippen LogP contribution in [0.5, 0.6) is 0 Å². The Kier molecular flexibility index (Phi) is 5.51. The molecule has 0 rings (SSSR count). The molecule has 0 aromatic carbocycles. The van der Waals surface area contributed by atoms with Crippen molar-refractivity contribution in [1.29, 1.82) is 0 Å². The predicted octanol–water partition coefficient (Wildman–Crippen LogP) is 0.299. The summed E-state index contributed by atoms with van der Waals surface area (Å²) in [5.74, 6) is 0.474. The van der Waals surface area contributed by atoms with E-state index in [1.807, 2.05) is 20.8 Å². The highest BCUT2D eigenvalue weighted by Crippen LogP contribution is 1.97. The molecule has 0 aliphatic carbocycles. The molecule has 0 fully saturated rings. The van der Waals surface area contributed by atoms with Gasteiger partial charge in [-0.05, 0) is 12.3 Å². The van der Waals surface area contributed by atoms with E-state index in [-0.39, 0.29) is 11.8 Å². The smallest absolute Gasteiger partial charge is 0.211 e. The first-order chi connectivity index (χ1) is 5.89. The Morgan fingerprint density at radius 1 is 1.38 bits per heavy atom. The van der Waals surface area contributed by atoms with Crippen molar-refractivity contribution in [2.24, 2.45) is 11.7 Å². The number of rotatable bonds is 6. The van der Waals surface area contributed by atoms with Crippen LogP contribution in [-0.2, 0) is 10.0 Å². The molecular weight excluding hydrogens is 188 g/mol. The van der Waals surface area contributed by atoms with Gasteiger partial charge in [-0.25, -0.2) is 13.1 Å². The van der Waals surface area contributed by atoms with Crippen LogP contribution in [0.2, 0.25) is 0 Å². The number of sulfonamides is 1. The zero-order chi connectivity index (χ0) is 10.5. The maximum atomic E-state index is 11.2. The van der Waals surface area contributed by atoms with Gasteiger partial charge in [0.25, 0.3) is 0 Å². The fraction of sp³-hybridized carbons (Fsp3) is 1.00. The van der Waals surface area contributed by atoms with Crippen LogP contribution in [0, 0.1) is 5.92 Å². The topological polar surface area (TPSA) is 72.2 Å². The Labute approximate surface area is 80.9 Å². The van der Waals surface area contributed by atoms with E-state index < -0.39 is 10.0 Å². The van der Waals surface area contributed by atoms with Gasteiger partial charge < -0.3 is 5.73 Å². The van der Waals surface area contributed by atoms with E-state index in [1.165, 1.54) is 0 Å². The van der Waals surface area contributed by atoms with Crippen LogP contribution < -0.4 is 10.5 Å². The van der Waals surface area contributed by atoms with Crippen LogP contribution in [0.1, 0.15) is 27.2 Å². The molecule has 0 aliphatic heterocycles. The summed E-state index contributed by atoms with van der Waals surface area (Å²) in [6.45, 7) is 6.11. The molecule has 3 N–H and O–H groups in total. The van der Waals surface area contributed by atoms with Gasteiger partial charge in [0.15, 0.2) is 0 Å². The molecule has 0 radical (unpaired) electrons. The molecule has 1 atom stereocenters. The first kappa shape index (κ1) is 12.9. The van der Waals surface area contributed by atoms with Crippen LogP contribution in [0.4, 0.5) is 0 Å². The van der Waals surface area contributed by atoms with E-state index in [2.05, 4.69) is 4.72 Å². The molecule has 0 aromatic heterocycles. The van der Waals surface area contributed by atoms with Gasteiger partial charge in [0.1, 0.15) is 0 Å². The summed E-state index contributed by atoms with van der Waals surface area (Å²) in [7, 11) is -3.09. The molecule has 0 amide bonds. The third-order valence-electron chi connectivity index (χ3n) is 1.87. The zero-order valence-electron chi connectivity index (χ0n) is 8.58. The van der Waals surface area contributed by atoms with Crippen molar-refractivity contribution >= 4 is 10.0 Å². The maximum Gasteiger partial charge on any atom is 0.211 e. The standard InChI is InChI=1S/C8H20N2O2S/c1-4-5-13(11,12)10-6-8(9)7(2)3/h7-8,10H,4-6,9H2,1-3H3. The van der Waals surface area contributed by atoms with Crippen LogP contribution in [-0.4, -0.2) is 26.8 Å². The third kappa shape index (κ3) is 6.01. The van der Waals surface area contributed by atoms with Gasteiger partial charge in [-0.3, -0.25) is 0 Å². The highest BCUT2D eigenvalue weighted by atomic mass is 32.2. The van der Waals surface area contributed by atoms with Crippen molar-refractivity contribution in [2.75, 3.05) is 12.3 Å². The van der Waals surface area contributed by atoms with Gasteiger partial charge in [-0.1, -0.05) is 20.8 Å². The summed E-state index contributed by atoms with van der Waals surface area (Å²) in [6, 6.07) is -0.105. The van der Waals surface area contributed by atoms with E-state index in [0.29, 0.717) is 18.9 Å². The van der Waals surface area contributed by atoms with Gasteiger partial charge in [-0.15, -0.1) is 0 Å². The predicted molar refractivity (Wildman–Crippen MR) is 54.9 cm³/mol. The molecule has 1 unspecified atom stereocenters. The summed E-state index contributed by atoms with van der Waals surface area (Å²) in [4.78, 5) is 0. The van der Waals surface area contributed by atoms with Crippen LogP contribution in [0.3, 0.4) is 0 Å². The lowest BCUT2D eigenvalue weighted by atomic mass is 10.1. The second-order valence-corrected chi connectivity index (χ2v) is 5.50. The Hall–Kier alpha value is -0.130. The van der Waals surface area contributed by atoms with E-state index in [9.17, 15) is 8.42 Å². The largest absolute Gasteiger partial charge is 0.326 e. The quantitative estimate of drug-likeness (QED) is 0.659. The van der Waals surface area contributed by atoms with Crippen LogP contribution >= 0.6 is 0 Å². The Balaban J connectivity index is 3.88. The minimum atomic E-state index is -3.09. The van der Waals surface area contributed by atoms with Gasteiger partial charge in [-0.2, -0.15) is 0 Å². The lowest BCUT2D eigenvalue weighted by molar-refractivity contribution is 0.481. The zero-order valence-corrected chi connectivity index (χ0v) is 9.39. The molecule has 4 nitrogen and oxygen atoms in total. The first-order valence-electron chi connectivity index (χ1n) is 4.62. The van der Waals surface area contributed by atoms with Gasteiger partial charge in [0.05, 0.1) is 5.75 Å². The van der Waals surface area contributed by atoms with E-state index in [4.69, 9.17) is 5.73 Å². The first-order valence-corrected chi connectivity index (χ1v) is 6.27. The second kappa shape index (κ2) is 5.57. The Morgan fingerprint density at radius 2 is 1.92 bits per heavy atom. The van der Waals surface area contributed by atoms with Crippen molar-refractivity contribution in [3.05, 3.63) is 0 Å². The van der Waals surface area contributed by atoms with Crippen LogP contribution in [0.15, 0.2) is 0 Å². The summed E-state index contributed by atoms with van der Waals surface area (Å²) < 4.78 is 24.9. The fourth-order valence-corrected chi connectivity index (χ4v) is 1.93. The van der Waals surface area contributed by atoms with Crippen LogP contribution in [0.25, 0.3) is 0 Å². The number of nitrogens with one attached hydrogen (secondary N) is 1. The van der Waals surface area contributed by atoms with Crippen molar-refractivity contribution in [3.8, 4) is 0 Å². The SMILES string of the molecule is CCCS(=O)(=O)NCC(N)C(C)C. The van der Waals surface area contributed by atoms with E-state index >= 15 is 0 Å². The minimum Gasteiger partial charge on any atom is -0.326 e. The molecule has 0 aromatic rings. The van der Waals surface area contributed by atoms with Crippen molar-refractivity contribution in [2.45, 2.75) is 33.2 Å². The highest BCUT2D eigenvalue weighted by Gasteiger charge is 2.12. The summed E-state index contributed by atoms with van der Waals surface area (Å²) in [5, 5.41) is 0. The Bertz CT molecular complexity index is 224. The summed E-state index contributed by atoms with van der Waals surface area (Å²) in [6.07, 6.45) is 0.631. The highest BCUT2D eigenvalue weighted by molar-refractivity contribution is 7.89. The molecule has 0 heterocycles. The number of nitrogens with two attached hydrogens (primary N) is 1. The molecular formula is C8H20N2O2S. The average molecular weight is 208 g/mol. The van der Waals surface area contributed by atoms with Gasteiger partial charge >= 0.3 is 0 Å². The third-order valence-corrected chi connectivity index (χ3v) is 3.42. The minimum absolute atomic E-state index is 0.105. The summed E-state index contributed by atoms with van der Waals surface area (Å²) >= 11 is 0. The average Bonchev–Trinajstić information content (AvgIpc) is 2.00. The molecule has 0 aliphatic rings. The van der Waals surface area contributed by atoms with Crippen molar-refractivity contribution in [3.63, 3.8) is 0 Å². The van der Waals surface area contributed by atoms with Crippen molar-refractivity contribution in [1.82, 2.24) is 4.72 Å². The van der Waals surface area contributed by atoms with Gasteiger partial charge in [0, 0.05) is 12.6 Å². The normalized spacial score (nSPS) is 14.8. The maximum absolute atomic E-state index is 11.2. The second-order valence-electron chi connectivity index (χ2n) is 3.58. The molecule has 0 bridgehead atoms. The fourth-order valence-electron chi connectivity index (χ4n) is 0.800. The number of hydrogen-bond donors (Lipinski definition) is 2. The lowest BCUT2D eigenvalue weighted by Crippen LogP contribution is -2.41. The molecule has 13 heavy (non-hydrogen) atoms. The number of hydrogen-bond acceptors (Lipinski definition) is 3. The molecule has 5 heteroatoms. The monoisotopic (exact) mass is 208 g/mol.